The number of pyridine rings is 1. The molecule has 1 unspecified atom stereocenters. The maximum Gasteiger partial charge on any atom is 0.228 e. The number of benzene rings is 2. The van der Waals surface area contributed by atoms with Crippen LogP contribution >= 0.6 is 23.2 Å². The Kier molecular flexibility index (Phi) is 5.94. The number of nitrogens with one attached hydrogen (secondary N) is 1. The van der Waals surface area contributed by atoms with Crippen LogP contribution in [-0.2, 0) is 10.0 Å². The van der Waals surface area contributed by atoms with Crippen LogP contribution in [-0.4, -0.2) is 31.2 Å². The highest BCUT2D eigenvalue weighted by atomic mass is 35.5. The van der Waals surface area contributed by atoms with Gasteiger partial charge in [-0.3, -0.25) is 4.98 Å². The highest BCUT2D eigenvalue weighted by Gasteiger charge is 2.37. The Morgan fingerprint density at radius 1 is 1.10 bits per heavy atom. The van der Waals surface area contributed by atoms with Gasteiger partial charge in [-0.1, -0.05) is 53.5 Å². The van der Waals surface area contributed by atoms with Gasteiger partial charge in [-0.2, -0.15) is 0 Å². The fourth-order valence-corrected chi connectivity index (χ4v) is 4.90. The third kappa shape index (κ3) is 4.27. The van der Waals surface area contributed by atoms with E-state index in [4.69, 9.17) is 27.9 Å². The van der Waals surface area contributed by atoms with Crippen LogP contribution < -0.4 is 10.2 Å². The summed E-state index contributed by atoms with van der Waals surface area (Å²) in [4.78, 5) is 3.97. The molecule has 1 N–H and O–H groups in total. The molecule has 1 aromatic heterocycles. The number of hydrogen-bond donors (Lipinski definition) is 1. The van der Waals surface area contributed by atoms with Crippen LogP contribution in [0.1, 0.15) is 28.3 Å². The number of rotatable bonds is 4. The minimum Gasteiger partial charge on any atom is -0.497 e. The monoisotopic (exact) mass is 475 g/mol. The molecule has 0 fully saturated rings. The number of fused-ring (bicyclic) bond motifs is 1. The summed E-state index contributed by atoms with van der Waals surface area (Å²) >= 11 is 12.6. The van der Waals surface area contributed by atoms with Gasteiger partial charge < -0.3 is 10.2 Å². The number of sulfonamides is 1. The van der Waals surface area contributed by atoms with Crippen LogP contribution in [0.4, 0.5) is 0 Å². The molecular weight excluding hydrogens is 457 g/mol. The smallest absolute Gasteiger partial charge is 0.228 e. The van der Waals surface area contributed by atoms with Gasteiger partial charge in [0.15, 0.2) is 0 Å². The van der Waals surface area contributed by atoms with E-state index in [2.05, 4.69) is 10.4 Å². The lowest BCUT2D eigenvalue weighted by Crippen LogP contribution is -2.47. The van der Waals surface area contributed by atoms with Crippen molar-refractivity contribution >= 4 is 45.0 Å². The average molecular weight is 476 g/mol. The van der Waals surface area contributed by atoms with E-state index in [1.54, 1.807) is 13.2 Å². The summed E-state index contributed by atoms with van der Waals surface area (Å²) in [6.07, 6.45) is 5.85. The molecule has 0 saturated heterocycles. The number of methoxy groups -OCH3 is 1. The minimum absolute atomic E-state index is 0.355. The van der Waals surface area contributed by atoms with Crippen LogP contribution in [0.25, 0.3) is 11.8 Å². The highest BCUT2D eigenvalue weighted by molar-refractivity contribution is 7.88. The minimum atomic E-state index is -3.67. The molecule has 1 aliphatic heterocycles. The molecular formula is C22H19Cl2N3O3S. The lowest BCUT2D eigenvalue weighted by atomic mass is 9.91. The Morgan fingerprint density at radius 3 is 2.39 bits per heavy atom. The first-order valence-electron chi connectivity index (χ1n) is 9.29. The first-order chi connectivity index (χ1) is 14.8. The van der Waals surface area contributed by atoms with E-state index in [1.165, 1.54) is 16.8 Å². The van der Waals surface area contributed by atoms with E-state index in [-0.39, 0.29) is 0 Å². The second kappa shape index (κ2) is 8.51. The summed E-state index contributed by atoms with van der Waals surface area (Å²) in [5.74, 6) is 0.620. The van der Waals surface area contributed by atoms with Crippen LogP contribution in [0.15, 0.2) is 60.9 Å². The second-order valence-corrected chi connectivity index (χ2v) is 9.69. The van der Waals surface area contributed by atoms with E-state index in [1.807, 2.05) is 48.5 Å². The summed E-state index contributed by atoms with van der Waals surface area (Å²) in [6, 6.07) is 14.4. The van der Waals surface area contributed by atoms with Crippen molar-refractivity contribution < 1.29 is 13.2 Å². The average Bonchev–Trinajstić information content (AvgIpc) is 2.75. The van der Waals surface area contributed by atoms with Crippen molar-refractivity contribution in [1.82, 2.24) is 14.8 Å². The molecule has 0 amide bonds. The number of nitrogens with zero attached hydrogens (tertiary/aromatic N) is 2. The number of halogens is 2. The standard InChI is InChI=1S/C22H19Cl2N3O3S/c1-30-15-8-9-16-17(10-15)22(14-6-4-3-5-7-14)27(31(2,28)29)26-21(16)11-18-19(23)12-25-13-20(18)24/h3-13,22,26H,1-2H3. The largest absolute Gasteiger partial charge is 0.497 e. The maximum atomic E-state index is 12.8. The van der Waals surface area contributed by atoms with Gasteiger partial charge in [0.25, 0.3) is 0 Å². The van der Waals surface area contributed by atoms with Crippen molar-refractivity contribution in [2.75, 3.05) is 13.4 Å². The van der Waals surface area contributed by atoms with Crippen LogP contribution in [0.5, 0.6) is 5.75 Å². The fraction of sp³-hybridized carbons (Fsp3) is 0.136. The number of hydrazine groups is 1. The molecule has 0 spiro atoms. The molecule has 1 aliphatic rings. The summed E-state index contributed by atoms with van der Waals surface area (Å²) in [7, 11) is -2.10. The van der Waals surface area contributed by atoms with Gasteiger partial charge in [0.1, 0.15) is 5.75 Å². The van der Waals surface area contributed by atoms with Crippen LogP contribution in [0, 0.1) is 0 Å². The molecule has 2 aromatic carbocycles. The van der Waals surface area contributed by atoms with Gasteiger partial charge in [-0.25, -0.2) is 8.42 Å². The Balaban J connectivity index is 1.99. The van der Waals surface area contributed by atoms with Crippen molar-refractivity contribution in [2.24, 2.45) is 0 Å². The zero-order valence-electron chi connectivity index (χ0n) is 16.7. The van der Waals surface area contributed by atoms with Crippen LogP contribution in [0.2, 0.25) is 10.0 Å². The van der Waals surface area contributed by atoms with E-state index >= 15 is 0 Å². The van der Waals surface area contributed by atoms with Gasteiger partial charge in [0.2, 0.25) is 10.0 Å². The van der Waals surface area contributed by atoms with Gasteiger partial charge in [0.05, 0.1) is 35.1 Å². The summed E-state index contributed by atoms with van der Waals surface area (Å²) in [5, 5.41) is 0.709. The molecule has 4 rings (SSSR count). The zero-order valence-corrected chi connectivity index (χ0v) is 19.0. The van der Waals surface area contributed by atoms with Gasteiger partial charge in [-0.15, -0.1) is 4.41 Å². The SMILES string of the molecule is COc1ccc2c(c1)C(c1ccccc1)N(S(C)(=O)=O)NC2=Cc1c(Cl)cncc1Cl. The van der Waals surface area contributed by atoms with E-state index in [9.17, 15) is 8.42 Å². The molecule has 160 valence electrons. The van der Waals surface area contributed by atoms with E-state index < -0.39 is 16.1 Å². The maximum absolute atomic E-state index is 12.8. The molecule has 0 saturated carbocycles. The second-order valence-electron chi connectivity index (χ2n) is 7.01. The summed E-state index contributed by atoms with van der Waals surface area (Å²) in [6.45, 7) is 0. The molecule has 2 heterocycles. The highest BCUT2D eigenvalue weighted by Crippen LogP contribution is 2.41. The number of ether oxygens (including phenoxy) is 1. The molecule has 9 heteroatoms. The summed E-state index contributed by atoms with van der Waals surface area (Å²) < 4.78 is 32.3. The van der Waals surface area contributed by atoms with Gasteiger partial charge in [-0.05, 0) is 35.4 Å². The fourth-order valence-electron chi connectivity index (χ4n) is 3.55. The predicted octanol–water partition coefficient (Wildman–Crippen LogP) is 4.76. The van der Waals surface area contributed by atoms with Crippen molar-refractivity contribution in [3.8, 4) is 5.75 Å². The quantitative estimate of drug-likeness (QED) is 0.588. The zero-order chi connectivity index (χ0) is 22.2. The molecule has 0 aliphatic carbocycles. The normalized spacial score (nSPS) is 17.8. The van der Waals surface area contributed by atoms with Gasteiger partial charge in [0, 0.05) is 23.5 Å². The Bertz CT molecular complexity index is 1240. The first-order valence-corrected chi connectivity index (χ1v) is 11.9. The third-order valence-electron chi connectivity index (χ3n) is 4.96. The van der Waals surface area contributed by atoms with E-state index in [0.29, 0.717) is 27.1 Å². The van der Waals surface area contributed by atoms with Gasteiger partial charge >= 0.3 is 0 Å². The van der Waals surface area contributed by atoms with Crippen molar-refractivity contribution in [1.29, 1.82) is 0 Å². The molecule has 6 nitrogen and oxygen atoms in total. The van der Waals surface area contributed by atoms with Crippen molar-refractivity contribution in [2.45, 2.75) is 6.04 Å². The lowest BCUT2D eigenvalue weighted by molar-refractivity contribution is 0.309. The molecule has 3 aromatic rings. The van der Waals surface area contributed by atoms with Crippen molar-refractivity contribution in [3.63, 3.8) is 0 Å². The molecule has 0 radical (unpaired) electrons. The van der Waals surface area contributed by atoms with Crippen molar-refractivity contribution in [3.05, 3.63) is 93.2 Å². The lowest BCUT2D eigenvalue weighted by Gasteiger charge is -2.38. The molecule has 31 heavy (non-hydrogen) atoms. The first kappa shape index (κ1) is 21.6. The number of hydrogen-bond acceptors (Lipinski definition) is 5. The Hall–Kier alpha value is -2.58. The van der Waals surface area contributed by atoms with Crippen LogP contribution in [0.3, 0.4) is 0 Å². The Labute approximate surface area is 191 Å². The predicted molar refractivity (Wildman–Crippen MR) is 123 cm³/mol. The Morgan fingerprint density at radius 2 is 1.77 bits per heavy atom. The topological polar surface area (TPSA) is 71.5 Å². The summed E-state index contributed by atoms with van der Waals surface area (Å²) in [5.41, 5.74) is 6.52. The molecule has 1 atom stereocenters. The number of aromatic nitrogens is 1. The van der Waals surface area contributed by atoms with E-state index in [0.717, 1.165) is 22.9 Å². The third-order valence-corrected chi connectivity index (χ3v) is 6.58. The molecule has 0 bridgehead atoms.